The number of carbonyl (C=O) groups excluding carboxylic acids is 1. The van der Waals surface area contributed by atoms with Crippen molar-refractivity contribution in [1.29, 1.82) is 0 Å². The first-order valence-electron chi connectivity index (χ1n) is 7.46. The van der Waals surface area contributed by atoms with Crippen molar-refractivity contribution in [3.63, 3.8) is 0 Å². The third-order valence-corrected chi connectivity index (χ3v) is 3.88. The van der Waals surface area contributed by atoms with Gasteiger partial charge in [0.1, 0.15) is 5.75 Å². The lowest BCUT2D eigenvalue weighted by Crippen LogP contribution is -2.28. The van der Waals surface area contributed by atoms with E-state index in [1.54, 1.807) is 4.90 Å². The van der Waals surface area contributed by atoms with Gasteiger partial charge in [0, 0.05) is 25.9 Å². The van der Waals surface area contributed by atoms with Crippen molar-refractivity contribution in [3.05, 3.63) is 28.8 Å². The Labute approximate surface area is 133 Å². The zero-order chi connectivity index (χ0) is 15.8. The summed E-state index contributed by atoms with van der Waals surface area (Å²) in [6.45, 7) is 7.58. The normalized spacial score (nSPS) is 10.5. The average molecular weight is 312 g/mol. The van der Waals surface area contributed by atoms with Crippen LogP contribution in [0, 0.1) is 20.8 Å². The number of aryl methyl sites for hydroxylation is 2. The number of hydrogen-bond donors (Lipinski definition) is 0. The van der Waals surface area contributed by atoms with Crippen molar-refractivity contribution in [3.8, 4) is 5.75 Å². The highest BCUT2D eigenvalue weighted by Gasteiger charge is 2.08. The fourth-order valence-electron chi connectivity index (χ4n) is 2.17. The molecule has 21 heavy (non-hydrogen) atoms. The Morgan fingerprint density at radius 1 is 1.24 bits per heavy atom. The number of rotatable bonds is 8. The van der Waals surface area contributed by atoms with Crippen LogP contribution in [0.2, 0.25) is 0 Å². The quantitative estimate of drug-likeness (QED) is 0.539. The minimum absolute atomic E-state index is 0.151. The lowest BCUT2D eigenvalue weighted by molar-refractivity contribution is -0.130. The monoisotopic (exact) mass is 311 g/mol. The van der Waals surface area contributed by atoms with E-state index in [4.69, 9.17) is 16.3 Å². The molecule has 0 fully saturated rings. The van der Waals surface area contributed by atoms with Gasteiger partial charge in [-0.1, -0.05) is 6.07 Å². The van der Waals surface area contributed by atoms with Gasteiger partial charge in [-0.3, -0.25) is 4.79 Å². The van der Waals surface area contributed by atoms with E-state index in [-0.39, 0.29) is 5.91 Å². The Balaban J connectivity index is 2.36. The number of benzene rings is 1. The van der Waals surface area contributed by atoms with Crippen LogP contribution in [0.15, 0.2) is 12.1 Å². The maximum absolute atomic E-state index is 11.7. The number of amides is 1. The number of nitrogens with zero attached hydrogens (tertiary/aromatic N) is 1. The van der Waals surface area contributed by atoms with E-state index >= 15 is 0 Å². The second-order valence-electron chi connectivity index (χ2n) is 5.51. The van der Waals surface area contributed by atoms with Crippen LogP contribution in [0.25, 0.3) is 0 Å². The van der Waals surface area contributed by atoms with Gasteiger partial charge in [0.05, 0.1) is 6.61 Å². The molecule has 0 saturated heterocycles. The van der Waals surface area contributed by atoms with Gasteiger partial charge in [-0.25, -0.2) is 0 Å². The zero-order valence-corrected chi connectivity index (χ0v) is 14.3. The maximum atomic E-state index is 11.7. The Morgan fingerprint density at radius 3 is 2.62 bits per heavy atom. The summed E-state index contributed by atoms with van der Waals surface area (Å²) in [5, 5.41) is 0. The first kappa shape index (κ1) is 17.8. The molecule has 0 aromatic heterocycles. The minimum Gasteiger partial charge on any atom is -0.493 e. The van der Waals surface area contributed by atoms with Crippen LogP contribution < -0.4 is 4.74 Å². The standard InChI is InChI=1S/C17H26ClNO2/c1-13-11-14(2)15(3)16(12-13)21-10-6-9-19(4)17(20)7-5-8-18/h11-12H,5-10H2,1-4H3. The van der Waals surface area contributed by atoms with Crippen molar-refractivity contribution >= 4 is 17.5 Å². The predicted molar refractivity (Wildman–Crippen MR) is 88.4 cm³/mol. The topological polar surface area (TPSA) is 29.5 Å². The molecule has 0 spiro atoms. The summed E-state index contributed by atoms with van der Waals surface area (Å²) in [6, 6.07) is 4.23. The number of alkyl halides is 1. The lowest BCUT2D eigenvalue weighted by atomic mass is 10.1. The van der Waals surface area contributed by atoms with E-state index in [1.807, 2.05) is 7.05 Å². The Bertz CT molecular complexity index is 474. The summed E-state index contributed by atoms with van der Waals surface area (Å²) in [5.74, 6) is 1.64. The second kappa shape index (κ2) is 8.93. The molecule has 0 N–H and O–H groups in total. The molecule has 1 amide bonds. The zero-order valence-electron chi connectivity index (χ0n) is 13.5. The highest BCUT2D eigenvalue weighted by Crippen LogP contribution is 2.23. The number of hydrogen-bond acceptors (Lipinski definition) is 2. The number of halogens is 1. The molecule has 1 aromatic carbocycles. The third-order valence-electron chi connectivity index (χ3n) is 3.61. The molecule has 0 bridgehead atoms. The average Bonchev–Trinajstić information content (AvgIpc) is 2.45. The van der Waals surface area contributed by atoms with Crippen LogP contribution >= 0.6 is 11.6 Å². The van der Waals surface area contributed by atoms with Crippen molar-refractivity contribution in [2.75, 3.05) is 26.1 Å². The van der Waals surface area contributed by atoms with Gasteiger partial charge in [0.25, 0.3) is 0 Å². The molecule has 0 aliphatic carbocycles. The van der Waals surface area contributed by atoms with E-state index in [0.717, 1.165) is 18.6 Å². The molecule has 0 radical (unpaired) electrons. The van der Waals surface area contributed by atoms with E-state index in [1.165, 1.54) is 16.7 Å². The first-order chi connectivity index (χ1) is 9.95. The predicted octanol–water partition coefficient (Wildman–Crippen LogP) is 3.86. The molecule has 0 heterocycles. The summed E-state index contributed by atoms with van der Waals surface area (Å²) in [5.41, 5.74) is 3.65. The fourth-order valence-corrected chi connectivity index (χ4v) is 2.30. The lowest BCUT2D eigenvalue weighted by Gasteiger charge is -2.18. The second-order valence-corrected chi connectivity index (χ2v) is 5.89. The van der Waals surface area contributed by atoms with Crippen molar-refractivity contribution in [1.82, 2.24) is 4.90 Å². The van der Waals surface area contributed by atoms with Crippen LogP contribution in [-0.4, -0.2) is 36.9 Å². The molecule has 0 unspecified atom stereocenters. The Morgan fingerprint density at radius 2 is 1.95 bits per heavy atom. The number of ether oxygens (including phenoxy) is 1. The van der Waals surface area contributed by atoms with Gasteiger partial charge in [0.2, 0.25) is 5.91 Å². The minimum atomic E-state index is 0.151. The molecule has 1 rings (SSSR count). The maximum Gasteiger partial charge on any atom is 0.222 e. The van der Waals surface area contributed by atoms with Gasteiger partial charge in [-0.15, -0.1) is 11.6 Å². The van der Waals surface area contributed by atoms with Gasteiger partial charge < -0.3 is 9.64 Å². The smallest absolute Gasteiger partial charge is 0.222 e. The summed E-state index contributed by atoms with van der Waals surface area (Å²) in [7, 11) is 1.83. The molecule has 118 valence electrons. The molecule has 0 saturated carbocycles. The molecule has 0 aliphatic heterocycles. The Kier molecular flexibility index (Phi) is 7.58. The summed E-state index contributed by atoms with van der Waals surface area (Å²) < 4.78 is 5.85. The molecule has 0 aliphatic rings. The van der Waals surface area contributed by atoms with Crippen LogP contribution in [0.5, 0.6) is 5.75 Å². The van der Waals surface area contributed by atoms with Gasteiger partial charge in [-0.05, 0) is 56.4 Å². The third kappa shape index (κ3) is 5.96. The highest BCUT2D eigenvalue weighted by atomic mass is 35.5. The molecule has 4 heteroatoms. The summed E-state index contributed by atoms with van der Waals surface area (Å²) in [6.07, 6.45) is 2.09. The van der Waals surface area contributed by atoms with E-state index < -0.39 is 0 Å². The Hall–Kier alpha value is -1.22. The van der Waals surface area contributed by atoms with Crippen molar-refractivity contribution < 1.29 is 9.53 Å². The van der Waals surface area contributed by atoms with Crippen LogP contribution in [0.1, 0.15) is 36.0 Å². The molecule has 0 atom stereocenters. The fraction of sp³-hybridized carbons (Fsp3) is 0.588. The number of carbonyl (C=O) groups is 1. The van der Waals surface area contributed by atoms with E-state index in [9.17, 15) is 4.79 Å². The molecule has 3 nitrogen and oxygen atoms in total. The largest absolute Gasteiger partial charge is 0.493 e. The van der Waals surface area contributed by atoms with Gasteiger partial charge >= 0.3 is 0 Å². The van der Waals surface area contributed by atoms with Crippen molar-refractivity contribution in [2.45, 2.75) is 40.0 Å². The van der Waals surface area contributed by atoms with E-state index in [2.05, 4.69) is 32.9 Å². The molecular formula is C17H26ClNO2. The molecular weight excluding hydrogens is 286 g/mol. The van der Waals surface area contributed by atoms with Crippen molar-refractivity contribution in [2.24, 2.45) is 0 Å². The summed E-state index contributed by atoms with van der Waals surface area (Å²) in [4.78, 5) is 13.5. The van der Waals surface area contributed by atoms with Crippen LogP contribution in [0.4, 0.5) is 0 Å². The SMILES string of the molecule is Cc1cc(C)c(C)c(OCCCN(C)C(=O)CCCCl)c1. The van der Waals surface area contributed by atoms with Crippen LogP contribution in [0.3, 0.4) is 0 Å². The van der Waals surface area contributed by atoms with Gasteiger partial charge in [-0.2, -0.15) is 0 Å². The molecule has 1 aromatic rings. The summed E-state index contributed by atoms with van der Waals surface area (Å²) >= 11 is 5.59. The van der Waals surface area contributed by atoms with Crippen LogP contribution in [-0.2, 0) is 4.79 Å². The van der Waals surface area contributed by atoms with E-state index in [0.29, 0.717) is 25.5 Å². The van der Waals surface area contributed by atoms with Gasteiger partial charge in [0.15, 0.2) is 0 Å². The first-order valence-corrected chi connectivity index (χ1v) is 7.99. The highest BCUT2D eigenvalue weighted by molar-refractivity contribution is 6.17.